The Morgan fingerprint density at radius 1 is 1.39 bits per heavy atom. The Bertz CT molecular complexity index is 429. The first-order valence-electron chi connectivity index (χ1n) is 5.75. The Kier molecular flexibility index (Phi) is 6.55. The number of benzene rings is 1. The Morgan fingerprint density at radius 3 is 2.72 bits per heavy atom. The minimum atomic E-state index is -0.165. The lowest BCUT2D eigenvalue weighted by atomic mass is 10.1. The molecule has 0 aromatic heterocycles. The van der Waals surface area contributed by atoms with E-state index in [0.717, 1.165) is 12.0 Å². The second-order valence-corrected chi connectivity index (χ2v) is 3.64. The van der Waals surface area contributed by atoms with Gasteiger partial charge in [0.2, 0.25) is 0 Å². The molecule has 0 heterocycles. The zero-order valence-corrected chi connectivity index (χ0v) is 10.4. The lowest BCUT2D eigenvalue weighted by Gasteiger charge is -2.04. The van der Waals surface area contributed by atoms with Crippen LogP contribution in [0.5, 0.6) is 0 Å². The highest BCUT2D eigenvalue weighted by atomic mass is 16.5. The molecule has 0 unspecified atom stereocenters. The van der Waals surface area contributed by atoms with E-state index >= 15 is 0 Å². The van der Waals surface area contributed by atoms with Gasteiger partial charge in [0.15, 0.2) is 0 Å². The highest BCUT2D eigenvalue weighted by Gasteiger charge is 2.03. The lowest BCUT2D eigenvalue weighted by Crippen LogP contribution is -2.25. The van der Waals surface area contributed by atoms with Crippen molar-refractivity contribution < 1.29 is 14.6 Å². The minimum Gasteiger partial charge on any atom is -0.385 e. The third kappa shape index (κ3) is 5.00. The zero-order valence-electron chi connectivity index (χ0n) is 10.4. The quantitative estimate of drug-likeness (QED) is 0.597. The fraction of sp³-hybridized carbons (Fsp3) is 0.357. The Labute approximate surface area is 107 Å². The summed E-state index contributed by atoms with van der Waals surface area (Å²) in [5.74, 6) is 5.22. The first kappa shape index (κ1) is 14.2. The van der Waals surface area contributed by atoms with Crippen LogP contribution in [0.2, 0.25) is 0 Å². The van der Waals surface area contributed by atoms with Crippen LogP contribution in [0.3, 0.4) is 0 Å². The molecule has 0 atom stereocenters. The van der Waals surface area contributed by atoms with Gasteiger partial charge in [-0.25, -0.2) is 0 Å². The normalized spacial score (nSPS) is 9.44. The first-order valence-corrected chi connectivity index (χ1v) is 5.75. The molecule has 0 aliphatic heterocycles. The van der Waals surface area contributed by atoms with Crippen LogP contribution < -0.4 is 5.32 Å². The van der Waals surface area contributed by atoms with Gasteiger partial charge in [0.25, 0.3) is 5.91 Å². The SMILES string of the molecule is COCCCNC(=O)c1ccc(C#CCO)cc1. The monoisotopic (exact) mass is 247 g/mol. The number of ether oxygens (including phenoxy) is 1. The van der Waals surface area contributed by atoms with Gasteiger partial charge in [-0.2, -0.15) is 0 Å². The summed E-state index contributed by atoms with van der Waals surface area (Å²) in [6.07, 6.45) is 0.794. The summed E-state index contributed by atoms with van der Waals surface area (Å²) in [4.78, 5) is 11.7. The number of aliphatic hydroxyl groups is 1. The number of carbonyl (C=O) groups excluding carboxylic acids is 1. The fourth-order valence-electron chi connectivity index (χ4n) is 1.37. The zero-order chi connectivity index (χ0) is 13.2. The van der Waals surface area contributed by atoms with Crippen molar-refractivity contribution in [1.29, 1.82) is 0 Å². The van der Waals surface area contributed by atoms with Crippen LogP contribution in [0.1, 0.15) is 22.3 Å². The maximum Gasteiger partial charge on any atom is 0.251 e. The molecular weight excluding hydrogens is 230 g/mol. The number of hydrogen-bond donors (Lipinski definition) is 2. The summed E-state index contributed by atoms with van der Waals surface area (Å²) < 4.78 is 4.90. The van der Waals surface area contributed by atoms with E-state index in [2.05, 4.69) is 17.2 Å². The molecule has 4 heteroatoms. The highest BCUT2D eigenvalue weighted by Crippen LogP contribution is 2.03. The second-order valence-electron chi connectivity index (χ2n) is 3.64. The third-order valence-electron chi connectivity index (χ3n) is 2.27. The van der Waals surface area contributed by atoms with Crippen molar-refractivity contribution in [2.24, 2.45) is 0 Å². The van der Waals surface area contributed by atoms with Gasteiger partial charge in [-0.3, -0.25) is 4.79 Å². The summed E-state index contributed by atoms with van der Waals surface area (Å²) in [5, 5.41) is 11.4. The predicted octanol–water partition coefficient (Wildman–Crippen LogP) is 0.797. The van der Waals surface area contributed by atoms with Gasteiger partial charge in [-0.1, -0.05) is 11.8 Å². The molecule has 1 amide bonds. The van der Waals surface area contributed by atoms with Gasteiger partial charge in [0.05, 0.1) is 0 Å². The molecule has 0 aliphatic rings. The number of aliphatic hydroxyl groups excluding tert-OH is 1. The highest BCUT2D eigenvalue weighted by molar-refractivity contribution is 5.94. The van der Waals surface area contributed by atoms with E-state index in [9.17, 15) is 4.79 Å². The molecule has 0 saturated carbocycles. The topological polar surface area (TPSA) is 58.6 Å². The predicted molar refractivity (Wildman–Crippen MR) is 69.2 cm³/mol. The van der Waals surface area contributed by atoms with E-state index in [1.165, 1.54) is 0 Å². The number of amides is 1. The van der Waals surface area contributed by atoms with Crippen molar-refractivity contribution in [1.82, 2.24) is 5.32 Å². The molecule has 0 fully saturated rings. The number of rotatable bonds is 5. The van der Waals surface area contributed by atoms with E-state index in [4.69, 9.17) is 9.84 Å². The maximum absolute atomic E-state index is 11.7. The van der Waals surface area contributed by atoms with E-state index in [1.807, 2.05) is 0 Å². The standard InChI is InChI=1S/C14H17NO3/c1-18-11-3-9-15-14(17)13-7-5-12(6-8-13)4-2-10-16/h5-8,16H,3,9-11H2,1H3,(H,15,17). The second kappa shape index (κ2) is 8.29. The van der Waals surface area contributed by atoms with Crippen molar-refractivity contribution in [2.45, 2.75) is 6.42 Å². The summed E-state index contributed by atoms with van der Waals surface area (Å²) in [6, 6.07) is 6.94. The molecular formula is C14H17NO3. The summed E-state index contributed by atoms with van der Waals surface area (Å²) >= 11 is 0. The van der Waals surface area contributed by atoms with E-state index in [1.54, 1.807) is 31.4 Å². The third-order valence-corrected chi connectivity index (χ3v) is 2.27. The molecule has 1 aromatic carbocycles. The largest absolute Gasteiger partial charge is 0.385 e. The molecule has 0 radical (unpaired) electrons. The van der Waals surface area contributed by atoms with Gasteiger partial charge in [0.1, 0.15) is 6.61 Å². The number of nitrogens with one attached hydrogen (secondary N) is 1. The molecule has 1 aromatic rings. The van der Waals surface area contributed by atoms with Crippen molar-refractivity contribution >= 4 is 5.91 Å². The van der Waals surface area contributed by atoms with Crippen LogP contribution in [0.15, 0.2) is 24.3 Å². The lowest BCUT2D eigenvalue weighted by molar-refractivity contribution is 0.0948. The molecule has 18 heavy (non-hydrogen) atoms. The van der Waals surface area contributed by atoms with E-state index < -0.39 is 0 Å². The molecule has 2 N–H and O–H groups in total. The molecule has 4 nitrogen and oxygen atoms in total. The van der Waals surface area contributed by atoms with Gasteiger partial charge >= 0.3 is 0 Å². The van der Waals surface area contributed by atoms with Gasteiger partial charge in [-0.05, 0) is 30.7 Å². The van der Waals surface area contributed by atoms with Crippen LogP contribution in [-0.4, -0.2) is 37.9 Å². The number of carbonyl (C=O) groups is 1. The van der Waals surface area contributed by atoms with Crippen molar-refractivity contribution in [2.75, 3.05) is 26.9 Å². The van der Waals surface area contributed by atoms with Crippen LogP contribution in [0.4, 0.5) is 0 Å². The molecule has 0 spiro atoms. The average molecular weight is 247 g/mol. The molecule has 96 valence electrons. The number of hydrogen-bond acceptors (Lipinski definition) is 3. The maximum atomic E-state index is 11.7. The fourth-order valence-corrected chi connectivity index (χ4v) is 1.37. The van der Waals surface area contributed by atoms with Crippen molar-refractivity contribution in [3.8, 4) is 11.8 Å². The molecule has 0 bridgehead atoms. The van der Waals surface area contributed by atoms with Crippen LogP contribution >= 0.6 is 0 Å². The minimum absolute atomic E-state index is 0.104. The van der Waals surface area contributed by atoms with Crippen LogP contribution in [-0.2, 0) is 4.74 Å². The van der Waals surface area contributed by atoms with Gasteiger partial charge in [-0.15, -0.1) is 0 Å². The van der Waals surface area contributed by atoms with E-state index in [-0.39, 0.29) is 12.5 Å². The van der Waals surface area contributed by atoms with Crippen molar-refractivity contribution in [3.05, 3.63) is 35.4 Å². The molecule has 0 saturated heterocycles. The first-order chi connectivity index (χ1) is 8.77. The summed E-state index contributed by atoms with van der Waals surface area (Å²) in [5.41, 5.74) is 1.38. The Morgan fingerprint density at radius 2 is 2.11 bits per heavy atom. The smallest absolute Gasteiger partial charge is 0.251 e. The Hall–Kier alpha value is -1.83. The average Bonchev–Trinajstić information content (AvgIpc) is 2.41. The summed E-state index contributed by atoms with van der Waals surface area (Å²) in [6.45, 7) is 1.07. The van der Waals surface area contributed by atoms with Crippen LogP contribution in [0, 0.1) is 11.8 Å². The van der Waals surface area contributed by atoms with Crippen LogP contribution in [0.25, 0.3) is 0 Å². The summed E-state index contributed by atoms with van der Waals surface area (Å²) in [7, 11) is 1.63. The number of methoxy groups -OCH3 is 1. The van der Waals surface area contributed by atoms with E-state index in [0.29, 0.717) is 18.7 Å². The van der Waals surface area contributed by atoms with Crippen molar-refractivity contribution in [3.63, 3.8) is 0 Å². The molecule has 1 rings (SSSR count). The Balaban J connectivity index is 2.48. The van der Waals surface area contributed by atoms with Gasteiger partial charge < -0.3 is 15.2 Å². The molecule has 0 aliphatic carbocycles. The van der Waals surface area contributed by atoms with Gasteiger partial charge in [0, 0.05) is 31.4 Å².